The van der Waals surface area contributed by atoms with E-state index in [-0.39, 0.29) is 16.6 Å². The number of amides is 1. The van der Waals surface area contributed by atoms with Crippen molar-refractivity contribution in [3.8, 4) is 17.1 Å². The van der Waals surface area contributed by atoms with Gasteiger partial charge in [-0.05, 0) is 48.5 Å². The molecule has 0 atom stereocenters. The lowest BCUT2D eigenvalue weighted by Crippen LogP contribution is -2.15. The van der Waals surface area contributed by atoms with E-state index in [1.165, 1.54) is 30.3 Å². The monoisotopic (exact) mass is 483 g/mol. The minimum atomic E-state index is -3.81. The lowest BCUT2D eigenvalue weighted by molar-refractivity contribution is -0.113. The molecule has 0 saturated heterocycles. The van der Waals surface area contributed by atoms with Crippen LogP contribution in [0.25, 0.3) is 17.1 Å². The Morgan fingerprint density at radius 3 is 2.30 bits per heavy atom. The number of anilines is 1. The molecule has 0 aliphatic carbocycles. The predicted molar refractivity (Wildman–Crippen MR) is 124 cm³/mol. The molecule has 1 amide bonds. The maximum atomic E-state index is 14.4. The van der Waals surface area contributed by atoms with Crippen LogP contribution in [-0.4, -0.2) is 34.8 Å². The second kappa shape index (κ2) is 9.53. The molecule has 0 aliphatic rings. The molecule has 1 heterocycles. The van der Waals surface area contributed by atoms with Crippen molar-refractivity contribution in [1.82, 2.24) is 14.8 Å². The molecule has 8 nitrogen and oxygen atoms in total. The Morgan fingerprint density at radius 1 is 0.970 bits per heavy atom. The van der Waals surface area contributed by atoms with E-state index in [1.807, 2.05) is 30.3 Å². The fraction of sp³-hybridized carbons (Fsp3) is 0.0455. The topological polar surface area (TPSA) is 120 Å². The molecule has 0 unspecified atom stereocenters. The fourth-order valence-corrected chi connectivity index (χ4v) is 4.31. The van der Waals surface area contributed by atoms with E-state index >= 15 is 0 Å². The molecule has 4 rings (SSSR count). The number of thioether (sulfide) groups is 1. The first kappa shape index (κ1) is 22.6. The van der Waals surface area contributed by atoms with Crippen LogP contribution in [0.5, 0.6) is 0 Å². The Morgan fingerprint density at radius 2 is 1.64 bits per heavy atom. The van der Waals surface area contributed by atoms with Crippen LogP contribution in [0.2, 0.25) is 0 Å². The van der Waals surface area contributed by atoms with Gasteiger partial charge in [-0.15, -0.1) is 10.2 Å². The molecule has 1 aromatic heterocycles. The Kier molecular flexibility index (Phi) is 6.54. The number of sulfonamides is 1. The van der Waals surface area contributed by atoms with Crippen molar-refractivity contribution in [3.63, 3.8) is 0 Å². The summed E-state index contributed by atoms with van der Waals surface area (Å²) in [7, 11) is -3.81. The van der Waals surface area contributed by atoms with Crippen molar-refractivity contribution < 1.29 is 17.6 Å². The normalized spacial score (nSPS) is 11.3. The molecule has 3 N–H and O–H groups in total. The van der Waals surface area contributed by atoms with Gasteiger partial charge in [0.25, 0.3) is 0 Å². The van der Waals surface area contributed by atoms with E-state index in [4.69, 9.17) is 5.14 Å². The number of rotatable bonds is 7. The van der Waals surface area contributed by atoms with Gasteiger partial charge in [-0.1, -0.05) is 42.1 Å². The van der Waals surface area contributed by atoms with Crippen LogP contribution in [-0.2, 0) is 14.8 Å². The van der Waals surface area contributed by atoms with Crippen LogP contribution in [0, 0.1) is 5.82 Å². The Balaban J connectivity index is 1.55. The van der Waals surface area contributed by atoms with Crippen molar-refractivity contribution in [1.29, 1.82) is 0 Å². The Hall–Kier alpha value is -3.54. The second-order valence-electron chi connectivity index (χ2n) is 6.86. The van der Waals surface area contributed by atoms with Crippen LogP contribution >= 0.6 is 11.8 Å². The number of hydrogen-bond acceptors (Lipinski definition) is 6. The number of carbonyl (C=O) groups excluding carboxylic acids is 1. The summed E-state index contributed by atoms with van der Waals surface area (Å²) in [6.45, 7) is 0. The third-order valence-electron chi connectivity index (χ3n) is 4.56. The molecule has 33 heavy (non-hydrogen) atoms. The highest BCUT2D eigenvalue weighted by Gasteiger charge is 2.19. The highest BCUT2D eigenvalue weighted by molar-refractivity contribution is 7.99. The van der Waals surface area contributed by atoms with Crippen molar-refractivity contribution in [2.45, 2.75) is 10.1 Å². The Bertz CT molecular complexity index is 1390. The largest absolute Gasteiger partial charge is 0.325 e. The van der Waals surface area contributed by atoms with Crippen molar-refractivity contribution in [2.24, 2.45) is 5.14 Å². The van der Waals surface area contributed by atoms with Gasteiger partial charge in [-0.2, -0.15) is 0 Å². The quantitative estimate of drug-likeness (QED) is 0.389. The van der Waals surface area contributed by atoms with E-state index in [0.717, 1.165) is 17.4 Å². The first-order valence-electron chi connectivity index (χ1n) is 9.64. The molecule has 0 fully saturated rings. The van der Waals surface area contributed by atoms with Gasteiger partial charge >= 0.3 is 0 Å². The first-order valence-corrected chi connectivity index (χ1v) is 12.2. The number of para-hydroxylation sites is 1. The number of nitrogens with one attached hydrogen (secondary N) is 1. The molecular weight excluding hydrogens is 465 g/mol. The molecule has 0 spiro atoms. The van der Waals surface area contributed by atoms with Gasteiger partial charge in [0.2, 0.25) is 15.9 Å². The van der Waals surface area contributed by atoms with Crippen molar-refractivity contribution in [3.05, 3.63) is 84.7 Å². The standard InChI is InChI=1S/C22H18FN5O3S2/c23-19-9-5-4-8-18(19)21-26-27-22(28(21)16-6-2-1-3-7-16)32-14-20(29)25-15-10-12-17(13-11-15)33(24,30)31/h1-13H,14H2,(H,25,29)(H2,24,30,31). The summed E-state index contributed by atoms with van der Waals surface area (Å²) in [4.78, 5) is 12.4. The van der Waals surface area contributed by atoms with Gasteiger partial charge in [0.1, 0.15) is 5.82 Å². The van der Waals surface area contributed by atoms with E-state index in [2.05, 4.69) is 15.5 Å². The molecular formula is C22H18FN5O3S2. The lowest BCUT2D eigenvalue weighted by Gasteiger charge is -2.11. The molecule has 4 aromatic rings. The number of nitrogens with zero attached hydrogens (tertiary/aromatic N) is 3. The summed E-state index contributed by atoms with van der Waals surface area (Å²) < 4.78 is 38.8. The summed E-state index contributed by atoms with van der Waals surface area (Å²) >= 11 is 1.14. The number of benzene rings is 3. The molecule has 0 radical (unpaired) electrons. The summed E-state index contributed by atoms with van der Waals surface area (Å²) in [5, 5.41) is 16.5. The average Bonchev–Trinajstić information content (AvgIpc) is 3.22. The van der Waals surface area contributed by atoms with Crippen molar-refractivity contribution in [2.75, 3.05) is 11.1 Å². The highest BCUT2D eigenvalue weighted by Crippen LogP contribution is 2.29. The second-order valence-corrected chi connectivity index (χ2v) is 9.37. The van der Waals surface area contributed by atoms with Gasteiger partial charge in [0.05, 0.1) is 16.2 Å². The maximum absolute atomic E-state index is 14.4. The van der Waals surface area contributed by atoms with Crippen molar-refractivity contribution >= 4 is 33.4 Å². The summed E-state index contributed by atoms with van der Waals surface area (Å²) in [5.74, 6) is -0.447. The van der Waals surface area contributed by atoms with Gasteiger partial charge < -0.3 is 5.32 Å². The zero-order valence-electron chi connectivity index (χ0n) is 17.1. The van der Waals surface area contributed by atoms with E-state index in [1.54, 1.807) is 22.8 Å². The zero-order chi connectivity index (χ0) is 23.4. The number of halogens is 1. The Labute approximate surface area is 193 Å². The van der Waals surface area contributed by atoms with Gasteiger partial charge in [0, 0.05) is 11.4 Å². The fourth-order valence-electron chi connectivity index (χ4n) is 3.05. The van der Waals surface area contributed by atoms with Crippen LogP contribution in [0.15, 0.2) is 88.9 Å². The van der Waals surface area contributed by atoms with E-state index < -0.39 is 15.8 Å². The minimum absolute atomic E-state index is 0.000816. The van der Waals surface area contributed by atoms with E-state index in [9.17, 15) is 17.6 Å². The van der Waals surface area contributed by atoms with Crippen LogP contribution in [0.4, 0.5) is 10.1 Å². The van der Waals surface area contributed by atoms with Crippen LogP contribution in [0.3, 0.4) is 0 Å². The number of aromatic nitrogens is 3. The highest BCUT2D eigenvalue weighted by atomic mass is 32.2. The van der Waals surface area contributed by atoms with Gasteiger partial charge in [0.15, 0.2) is 11.0 Å². The minimum Gasteiger partial charge on any atom is -0.325 e. The molecule has 11 heteroatoms. The lowest BCUT2D eigenvalue weighted by atomic mass is 10.2. The third kappa shape index (κ3) is 5.28. The van der Waals surface area contributed by atoms with Crippen LogP contribution in [0.1, 0.15) is 0 Å². The third-order valence-corrected chi connectivity index (χ3v) is 6.42. The summed E-state index contributed by atoms with van der Waals surface area (Å²) in [6, 6.07) is 21.0. The van der Waals surface area contributed by atoms with Gasteiger partial charge in [-0.25, -0.2) is 17.9 Å². The number of carbonyl (C=O) groups is 1. The van der Waals surface area contributed by atoms with Gasteiger partial charge in [-0.3, -0.25) is 9.36 Å². The number of nitrogens with two attached hydrogens (primary N) is 1. The average molecular weight is 484 g/mol. The number of hydrogen-bond donors (Lipinski definition) is 2. The number of primary sulfonamides is 1. The molecule has 168 valence electrons. The predicted octanol–water partition coefficient (Wildman–Crippen LogP) is 3.45. The maximum Gasteiger partial charge on any atom is 0.238 e. The SMILES string of the molecule is NS(=O)(=O)c1ccc(NC(=O)CSc2nnc(-c3ccccc3F)n2-c2ccccc2)cc1. The zero-order valence-corrected chi connectivity index (χ0v) is 18.7. The molecule has 3 aromatic carbocycles. The molecule has 0 bridgehead atoms. The first-order chi connectivity index (χ1) is 15.8. The molecule has 0 saturated carbocycles. The summed E-state index contributed by atoms with van der Waals surface area (Å²) in [5.41, 5.74) is 1.44. The smallest absolute Gasteiger partial charge is 0.238 e. The van der Waals surface area contributed by atoms with E-state index in [0.29, 0.717) is 22.2 Å². The summed E-state index contributed by atoms with van der Waals surface area (Å²) in [6.07, 6.45) is 0. The van der Waals surface area contributed by atoms with Crippen LogP contribution < -0.4 is 10.5 Å². The molecule has 0 aliphatic heterocycles.